The first-order valence-corrected chi connectivity index (χ1v) is 3.34. The molecule has 0 aromatic carbocycles. The van der Waals surface area contributed by atoms with E-state index in [1.165, 1.54) is 14.2 Å². The Morgan fingerprint density at radius 1 is 1.36 bits per heavy atom. The predicted molar refractivity (Wildman–Crippen MR) is 38.3 cm³/mol. The fourth-order valence-electron chi connectivity index (χ4n) is 0.441. The summed E-state index contributed by atoms with van der Waals surface area (Å²) in [5, 5.41) is -0.951. The van der Waals surface area contributed by atoms with Crippen LogP contribution in [0.15, 0.2) is 0 Å². The van der Waals surface area contributed by atoms with E-state index in [0.717, 1.165) is 0 Å². The average molecular weight is 181 g/mol. The number of carbonyl (C=O) groups is 2. The van der Waals surface area contributed by atoms with Crippen LogP contribution in [0.2, 0.25) is 0 Å². The highest BCUT2D eigenvalue weighted by atomic mass is 35.5. The molecule has 0 aliphatic heterocycles. The smallest absolute Gasteiger partial charge is 0.324 e. The van der Waals surface area contributed by atoms with Crippen LogP contribution in [0.1, 0.15) is 6.42 Å². The molecule has 0 rings (SSSR count). The lowest BCUT2D eigenvalue weighted by Gasteiger charge is -2.04. The van der Waals surface area contributed by atoms with Crippen molar-refractivity contribution in [3.8, 4) is 0 Å². The van der Waals surface area contributed by atoms with E-state index in [4.69, 9.17) is 11.6 Å². The summed E-state index contributed by atoms with van der Waals surface area (Å²) < 4.78 is 8.56. The number of methoxy groups -OCH3 is 2. The van der Waals surface area contributed by atoms with Crippen molar-refractivity contribution in [3.05, 3.63) is 0 Å². The molecular weight excluding hydrogens is 172 g/mol. The van der Waals surface area contributed by atoms with Gasteiger partial charge >= 0.3 is 11.9 Å². The zero-order valence-corrected chi connectivity index (χ0v) is 7.05. The normalized spacial score (nSPS) is 11.9. The third-order valence-corrected chi connectivity index (χ3v) is 1.36. The quantitative estimate of drug-likeness (QED) is 0.464. The first kappa shape index (κ1) is 10.2. The Morgan fingerprint density at radius 2 is 1.91 bits per heavy atom. The third kappa shape index (κ3) is 3.83. The van der Waals surface area contributed by atoms with Crippen molar-refractivity contribution in [1.82, 2.24) is 0 Å². The number of esters is 2. The summed E-state index contributed by atoms with van der Waals surface area (Å²) in [5.74, 6) is -1.16. The molecule has 5 heteroatoms. The van der Waals surface area contributed by atoms with Crippen LogP contribution in [0.4, 0.5) is 0 Å². The van der Waals surface area contributed by atoms with E-state index in [1.54, 1.807) is 0 Å². The molecule has 0 heterocycles. The standard InChI is InChI=1S/C6H9ClO4/c1-10-5(8)3-4(7)6(9)11-2/h4H,3H2,1-2H3. The molecule has 0 N–H and O–H groups in total. The van der Waals surface area contributed by atoms with Gasteiger partial charge in [-0.3, -0.25) is 9.59 Å². The van der Waals surface area contributed by atoms with Crippen molar-refractivity contribution in [1.29, 1.82) is 0 Å². The van der Waals surface area contributed by atoms with Gasteiger partial charge in [-0.1, -0.05) is 0 Å². The van der Waals surface area contributed by atoms with E-state index in [1.807, 2.05) is 0 Å². The Balaban J connectivity index is 3.77. The van der Waals surface area contributed by atoms with Crippen molar-refractivity contribution in [2.45, 2.75) is 11.8 Å². The van der Waals surface area contributed by atoms with Crippen molar-refractivity contribution >= 4 is 23.5 Å². The zero-order chi connectivity index (χ0) is 8.85. The second-order valence-electron chi connectivity index (χ2n) is 1.77. The molecule has 0 aliphatic rings. The lowest BCUT2D eigenvalue weighted by Crippen LogP contribution is -2.20. The summed E-state index contributed by atoms with van der Waals surface area (Å²) >= 11 is 5.43. The van der Waals surface area contributed by atoms with Crippen LogP contribution in [0.5, 0.6) is 0 Å². The highest BCUT2D eigenvalue weighted by Crippen LogP contribution is 2.04. The Bertz CT molecular complexity index is 157. The fraction of sp³-hybridized carbons (Fsp3) is 0.667. The van der Waals surface area contributed by atoms with Crippen LogP contribution in [0, 0.1) is 0 Å². The maximum Gasteiger partial charge on any atom is 0.324 e. The molecule has 0 saturated heterocycles. The van der Waals surface area contributed by atoms with Crippen LogP contribution >= 0.6 is 11.6 Å². The first-order valence-electron chi connectivity index (χ1n) is 2.90. The molecule has 0 amide bonds. The number of alkyl halides is 1. The maximum atomic E-state index is 10.6. The highest BCUT2D eigenvalue weighted by molar-refractivity contribution is 6.30. The Labute approximate surface area is 69.4 Å². The molecule has 0 spiro atoms. The fourth-order valence-corrected chi connectivity index (χ4v) is 0.656. The zero-order valence-electron chi connectivity index (χ0n) is 6.30. The minimum atomic E-state index is -0.951. The van der Waals surface area contributed by atoms with Crippen LogP contribution in [0.3, 0.4) is 0 Å². The lowest BCUT2D eigenvalue weighted by molar-refractivity contribution is -0.146. The summed E-state index contributed by atoms with van der Waals surface area (Å²) in [6.45, 7) is 0. The molecule has 0 saturated carbocycles. The number of hydrogen-bond acceptors (Lipinski definition) is 4. The van der Waals surface area contributed by atoms with Crippen molar-refractivity contribution in [2.75, 3.05) is 14.2 Å². The van der Waals surface area contributed by atoms with Crippen molar-refractivity contribution in [3.63, 3.8) is 0 Å². The van der Waals surface area contributed by atoms with E-state index in [-0.39, 0.29) is 6.42 Å². The third-order valence-electron chi connectivity index (χ3n) is 1.03. The van der Waals surface area contributed by atoms with Crippen LogP contribution in [-0.2, 0) is 19.1 Å². The van der Waals surface area contributed by atoms with Gasteiger partial charge in [0.1, 0.15) is 5.38 Å². The Morgan fingerprint density at radius 3 is 2.27 bits per heavy atom. The number of rotatable bonds is 3. The van der Waals surface area contributed by atoms with Gasteiger partial charge in [-0.15, -0.1) is 11.6 Å². The topological polar surface area (TPSA) is 52.6 Å². The van der Waals surface area contributed by atoms with Gasteiger partial charge in [0.2, 0.25) is 0 Å². The lowest BCUT2D eigenvalue weighted by atomic mass is 10.3. The number of carbonyl (C=O) groups excluding carboxylic acids is 2. The number of hydrogen-bond donors (Lipinski definition) is 0. The SMILES string of the molecule is COC(=O)CC(Cl)C(=O)OC. The first-order chi connectivity index (χ1) is 5.11. The van der Waals surface area contributed by atoms with Crippen molar-refractivity contribution in [2.24, 2.45) is 0 Å². The molecule has 0 aliphatic carbocycles. The van der Waals surface area contributed by atoms with Gasteiger partial charge in [0.15, 0.2) is 0 Å². The van der Waals surface area contributed by atoms with E-state index in [9.17, 15) is 9.59 Å². The second-order valence-corrected chi connectivity index (χ2v) is 2.30. The van der Waals surface area contributed by atoms with Gasteiger partial charge in [-0.2, -0.15) is 0 Å². The van der Waals surface area contributed by atoms with E-state index in [2.05, 4.69) is 9.47 Å². The minimum Gasteiger partial charge on any atom is -0.469 e. The summed E-state index contributed by atoms with van der Waals surface area (Å²) in [4.78, 5) is 21.1. The summed E-state index contributed by atoms with van der Waals surface area (Å²) in [6.07, 6.45) is -0.162. The molecule has 0 bridgehead atoms. The van der Waals surface area contributed by atoms with Gasteiger partial charge < -0.3 is 9.47 Å². The van der Waals surface area contributed by atoms with Crippen LogP contribution in [-0.4, -0.2) is 31.5 Å². The summed E-state index contributed by atoms with van der Waals surface area (Å²) in [6, 6.07) is 0. The predicted octanol–water partition coefficient (Wildman–Crippen LogP) is 0.330. The van der Waals surface area contributed by atoms with E-state index in [0.29, 0.717) is 0 Å². The molecule has 0 aromatic heterocycles. The summed E-state index contributed by atoms with van der Waals surface area (Å²) in [7, 11) is 2.43. The molecule has 0 aromatic rings. The second kappa shape index (κ2) is 4.96. The molecule has 1 atom stereocenters. The molecule has 64 valence electrons. The Hall–Kier alpha value is -0.770. The molecular formula is C6H9ClO4. The Kier molecular flexibility index (Phi) is 4.61. The maximum absolute atomic E-state index is 10.6. The van der Waals surface area contributed by atoms with Gasteiger partial charge in [0.25, 0.3) is 0 Å². The van der Waals surface area contributed by atoms with Gasteiger partial charge in [-0.05, 0) is 0 Å². The minimum absolute atomic E-state index is 0.162. The van der Waals surface area contributed by atoms with Gasteiger partial charge in [-0.25, -0.2) is 0 Å². The van der Waals surface area contributed by atoms with E-state index < -0.39 is 17.3 Å². The largest absolute Gasteiger partial charge is 0.469 e. The highest BCUT2D eigenvalue weighted by Gasteiger charge is 2.19. The molecule has 0 radical (unpaired) electrons. The van der Waals surface area contributed by atoms with Gasteiger partial charge in [0, 0.05) is 0 Å². The molecule has 4 nitrogen and oxygen atoms in total. The molecule has 0 fully saturated rings. The number of ether oxygens (including phenoxy) is 2. The summed E-state index contributed by atoms with van der Waals surface area (Å²) in [5.41, 5.74) is 0. The molecule has 11 heavy (non-hydrogen) atoms. The van der Waals surface area contributed by atoms with E-state index >= 15 is 0 Å². The van der Waals surface area contributed by atoms with Gasteiger partial charge in [0.05, 0.1) is 20.6 Å². The van der Waals surface area contributed by atoms with Crippen LogP contribution in [0.25, 0.3) is 0 Å². The van der Waals surface area contributed by atoms with Crippen molar-refractivity contribution < 1.29 is 19.1 Å². The van der Waals surface area contributed by atoms with Crippen LogP contribution < -0.4 is 0 Å². The number of halogens is 1. The molecule has 1 unspecified atom stereocenters. The monoisotopic (exact) mass is 180 g/mol. The average Bonchev–Trinajstić information content (AvgIpc) is 2.02.